The van der Waals surface area contributed by atoms with E-state index in [0.29, 0.717) is 34.1 Å². The van der Waals surface area contributed by atoms with Crippen LogP contribution in [0.25, 0.3) is 16.0 Å². The molecule has 188 valence electrons. The van der Waals surface area contributed by atoms with Gasteiger partial charge in [-0.3, -0.25) is 14.5 Å². The van der Waals surface area contributed by atoms with Gasteiger partial charge < -0.3 is 14.9 Å². The first-order valence-corrected chi connectivity index (χ1v) is 12.9. The Hall–Kier alpha value is -4.17. The molecule has 7 nitrogen and oxygen atoms in total. The van der Waals surface area contributed by atoms with E-state index in [4.69, 9.17) is 4.74 Å². The Balaban J connectivity index is 1.64. The molecule has 4 aromatic rings. The van der Waals surface area contributed by atoms with Gasteiger partial charge in [0.2, 0.25) is 0 Å². The van der Waals surface area contributed by atoms with Crippen molar-refractivity contribution in [1.29, 1.82) is 0 Å². The summed E-state index contributed by atoms with van der Waals surface area (Å²) in [6, 6.07) is 18.0. The molecule has 37 heavy (non-hydrogen) atoms. The smallest absolute Gasteiger partial charge is 0.301 e. The number of phenolic OH excluding ortho intramolecular Hbond substituents is 1. The van der Waals surface area contributed by atoms with E-state index >= 15 is 0 Å². The Morgan fingerprint density at radius 2 is 1.86 bits per heavy atom. The van der Waals surface area contributed by atoms with Crippen LogP contribution in [0.2, 0.25) is 0 Å². The van der Waals surface area contributed by atoms with Gasteiger partial charge in [0.1, 0.15) is 17.3 Å². The first kappa shape index (κ1) is 24.5. The predicted molar refractivity (Wildman–Crippen MR) is 144 cm³/mol. The maximum Gasteiger partial charge on any atom is 0.301 e. The van der Waals surface area contributed by atoms with Gasteiger partial charge in [-0.1, -0.05) is 55.0 Å². The van der Waals surface area contributed by atoms with Crippen LogP contribution < -0.4 is 9.64 Å². The number of ketones is 1. The zero-order valence-electron chi connectivity index (χ0n) is 20.5. The molecular weight excluding hydrogens is 488 g/mol. The second kappa shape index (κ2) is 10.1. The number of aryl methyl sites for hydroxylation is 1. The number of aliphatic hydroxyl groups is 1. The van der Waals surface area contributed by atoms with Gasteiger partial charge in [-0.2, -0.15) is 0 Å². The monoisotopic (exact) mass is 514 g/mol. The summed E-state index contributed by atoms with van der Waals surface area (Å²) >= 11 is 1.31. The van der Waals surface area contributed by atoms with Crippen LogP contribution in [0.1, 0.15) is 42.5 Å². The molecule has 8 heteroatoms. The second-order valence-electron chi connectivity index (χ2n) is 8.96. The van der Waals surface area contributed by atoms with Crippen molar-refractivity contribution in [3.05, 3.63) is 89.0 Å². The number of phenols is 1. The molecule has 2 heterocycles. The zero-order chi connectivity index (χ0) is 26.1. The fourth-order valence-corrected chi connectivity index (χ4v) is 5.44. The molecule has 1 aromatic heterocycles. The van der Waals surface area contributed by atoms with Crippen molar-refractivity contribution in [3.63, 3.8) is 0 Å². The van der Waals surface area contributed by atoms with Gasteiger partial charge in [0.05, 0.1) is 28.4 Å². The van der Waals surface area contributed by atoms with Crippen LogP contribution >= 0.6 is 11.3 Å². The number of hydrogen-bond acceptors (Lipinski definition) is 7. The Bertz CT molecular complexity index is 1520. The minimum absolute atomic E-state index is 0.0446. The lowest BCUT2D eigenvalue weighted by Crippen LogP contribution is -2.29. The number of carbonyl (C=O) groups excluding carboxylic acids is 2. The van der Waals surface area contributed by atoms with E-state index in [9.17, 15) is 19.8 Å². The number of ether oxygens (including phenoxy) is 1. The minimum Gasteiger partial charge on any atom is -0.508 e. The number of unbranched alkanes of at least 4 members (excludes halogenated alkanes) is 1. The summed E-state index contributed by atoms with van der Waals surface area (Å²) in [5, 5.41) is 21.6. The predicted octanol–water partition coefficient (Wildman–Crippen LogP) is 6.12. The Morgan fingerprint density at radius 1 is 1.08 bits per heavy atom. The molecule has 0 radical (unpaired) electrons. The summed E-state index contributed by atoms with van der Waals surface area (Å²) in [6.45, 7) is 4.58. The number of rotatable bonds is 7. The highest BCUT2D eigenvalue weighted by Gasteiger charge is 2.48. The topological polar surface area (TPSA) is 100.0 Å². The van der Waals surface area contributed by atoms with Crippen molar-refractivity contribution in [3.8, 4) is 11.5 Å². The maximum absolute atomic E-state index is 13.4. The number of nitrogens with zero attached hydrogens (tertiary/aromatic N) is 2. The highest BCUT2D eigenvalue weighted by atomic mass is 32.1. The summed E-state index contributed by atoms with van der Waals surface area (Å²) in [4.78, 5) is 32.8. The summed E-state index contributed by atoms with van der Waals surface area (Å²) in [5.41, 5.74) is 2.66. The number of amides is 1. The lowest BCUT2D eigenvalue weighted by Gasteiger charge is -2.23. The summed E-state index contributed by atoms with van der Waals surface area (Å²) < 4.78 is 6.66. The van der Waals surface area contributed by atoms with Gasteiger partial charge >= 0.3 is 5.91 Å². The van der Waals surface area contributed by atoms with Crippen molar-refractivity contribution in [1.82, 2.24) is 4.98 Å². The van der Waals surface area contributed by atoms with Crippen LogP contribution in [0.3, 0.4) is 0 Å². The molecule has 0 aliphatic carbocycles. The summed E-state index contributed by atoms with van der Waals surface area (Å²) in [6.07, 6.45) is 1.88. The molecule has 1 amide bonds. The molecule has 2 N–H and O–H groups in total. The number of benzene rings is 3. The number of thiazole rings is 1. The standard InChI is InChI=1S/C29H26N2O5S/c1-3-4-14-36-21-7-5-6-19(16-21)26(33)24-25(18-9-11-20(32)12-10-18)31(28(35)27(24)34)29-30-22-13-8-17(2)15-23(22)37-29/h5-13,15-16,25,32-33H,3-4,14H2,1-2H3. The van der Waals surface area contributed by atoms with E-state index in [1.165, 1.54) is 28.4 Å². The van der Waals surface area contributed by atoms with Crippen LogP contribution in [0.4, 0.5) is 5.13 Å². The number of fused-ring (bicyclic) bond motifs is 1. The van der Waals surface area contributed by atoms with E-state index in [-0.39, 0.29) is 17.1 Å². The van der Waals surface area contributed by atoms with Gasteiger partial charge in [0.15, 0.2) is 5.13 Å². The molecule has 1 atom stereocenters. The third-order valence-corrected chi connectivity index (χ3v) is 7.28. The normalized spacial score (nSPS) is 17.0. The van der Waals surface area contributed by atoms with Crippen LogP contribution in [0.15, 0.2) is 72.3 Å². The van der Waals surface area contributed by atoms with E-state index < -0.39 is 17.7 Å². The van der Waals surface area contributed by atoms with Crippen LogP contribution in [0, 0.1) is 6.92 Å². The molecule has 5 rings (SSSR count). The number of hydrogen-bond donors (Lipinski definition) is 2. The Labute approximate surface area is 218 Å². The minimum atomic E-state index is -0.924. The van der Waals surface area contributed by atoms with E-state index in [1.54, 1.807) is 36.4 Å². The van der Waals surface area contributed by atoms with Crippen LogP contribution in [-0.4, -0.2) is 33.5 Å². The SMILES string of the molecule is CCCCOc1cccc(C(O)=C2C(=O)C(=O)N(c3nc4ccc(C)cc4s3)C2c2ccc(O)cc2)c1. The third kappa shape index (κ3) is 4.68. The van der Waals surface area contributed by atoms with Crippen molar-refractivity contribution >= 4 is 44.1 Å². The zero-order valence-corrected chi connectivity index (χ0v) is 21.3. The quantitative estimate of drug-likeness (QED) is 0.133. The first-order valence-electron chi connectivity index (χ1n) is 12.1. The molecule has 1 saturated heterocycles. The van der Waals surface area contributed by atoms with Crippen molar-refractivity contribution in [2.75, 3.05) is 11.5 Å². The average molecular weight is 515 g/mol. The number of anilines is 1. The molecular formula is C29H26N2O5S. The van der Waals surface area contributed by atoms with Crippen molar-refractivity contribution in [2.45, 2.75) is 32.7 Å². The lowest BCUT2D eigenvalue weighted by molar-refractivity contribution is -0.132. The summed E-state index contributed by atoms with van der Waals surface area (Å²) in [7, 11) is 0. The number of aliphatic hydroxyl groups excluding tert-OH is 1. The molecule has 3 aromatic carbocycles. The first-order chi connectivity index (χ1) is 17.9. The third-order valence-electron chi connectivity index (χ3n) is 6.27. The maximum atomic E-state index is 13.4. The number of aromatic hydroxyl groups is 1. The fourth-order valence-electron chi connectivity index (χ4n) is 4.35. The van der Waals surface area contributed by atoms with Crippen LogP contribution in [-0.2, 0) is 9.59 Å². The molecule has 1 unspecified atom stereocenters. The number of Topliss-reactive ketones (excluding diaryl/α,β-unsaturated/α-hetero) is 1. The van der Waals surface area contributed by atoms with Gasteiger partial charge in [0.25, 0.3) is 5.78 Å². The van der Waals surface area contributed by atoms with Gasteiger partial charge in [0, 0.05) is 5.56 Å². The van der Waals surface area contributed by atoms with E-state index in [0.717, 1.165) is 23.1 Å². The molecule has 0 spiro atoms. The van der Waals surface area contributed by atoms with Crippen molar-refractivity contribution in [2.24, 2.45) is 0 Å². The number of aromatic nitrogens is 1. The Morgan fingerprint density at radius 3 is 2.62 bits per heavy atom. The summed E-state index contributed by atoms with van der Waals surface area (Å²) in [5.74, 6) is -1.26. The van der Waals surface area contributed by atoms with E-state index in [2.05, 4.69) is 11.9 Å². The van der Waals surface area contributed by atoms with E-state index in [1.807, 2.05) is 25.1 Å². The molecule has 1 aliphatic rings. The molecule has 1 aliphatic heterocycles. The molecule has 1 fully saturated rings. The highest BCUT2D eigenvalue weighted by molar-refractivity contribution is 7.22. The van der Waals surface area contributed by atoms with Crippen molar-refractivity contribution < 1.29 is 24.5 Å². The highest BCUT2D eigenvalue weighted by Crippen LogP contribution is 2.44. The van der Waals surface area contributed by atoms with Gasteiger partial charge in [-0.25, -0.2) is 4.98 Å². The second-order valence-corrected chi connectivity index (χ2v) is 9.97. The molecule has 0 bridgehead atoms. The molecule has 0 saturated carbocycles. The fraction of sp³-hybridized carbons (Fsp3) is 0.207. The number of carbonyl (C=O) groups is 2. The van der Waals surface area contributed by atoms with Crippen LogP contribution in [0.5, 0.6) is 11.5 Å². The average Bonchev–Trinajstić information content (AvgIpc) is 3.42. The van der Waals surface area contributed by atoms with Gasteiger partial charge in [-0.15, -0.1) is 0 Å². The van der Waals surface area contributed by atoms with Gasteiger partial charge in [-0.05, 0) is 60.9 Å². The Kier molecular flexibility index (Phi) is 6.67. The largest absolute Gasteiger partial charge is 0.508 e. The lowest BCUT2D eigenvalue weighted by atomic mass is 9.95.